The highest BCUT2D eigenvalue weighted by atomic mass is 19.1. The molecular formula is C16H16FNO3. The number of halogens is 1. The largest absolute Gasteiger partial charge is 0.494 e. The van der Waals surface area contributed by atoms with Gasteiger partial charge in [-0.3, -0.25) is 4.79 Å². The van der Waals surface area contributed by atoms with Crippen LogP contribution >= 0.6 is 0 Å². The van der Waals surface area contributed by atoms with E-state index in [1.165, 1.54) is 19.2 Å². The third-order valence-electron chi connectivity index (χ3n) is 2.84. The van der Waals surface area contributed by atoms with Crippen molar-refractivity contribution in [3.63, 3.8) is 0 Å². The summed E-state index contributed by atoms with van der Waals surface area (Å²) in [5.74, 6) is -0.129. The Labute approximate surface area is 122 Å². The van der Waals surface area contributed by atoms with Crippen LogP contribution < -0.4 is 14.8 Å². The van der Waals surface area contributed by atoms with Gasteiger partial charge in [0.25, 0.3) is 5.91 Å². The molecule has 0 saturated carbocycles. The highest BCUT2D eigenvalue weighted by Gasteiger charge is 2.10. The summed E-state index contributed by atoms with van der Waals surface area (Å²) in [5.41, 5.74) is 0.835. The standard InChI is InChI=1S/C16H16FNO3/c1-3-21-13-7-5-12(6-8-13)18-16(19)11-4-9-15(20-2)14(17)10-11/h4-10H,3H2,1-2H3,(H,18,19). The van der Waals surface area contributed by atoms with E-state index in [0.29, 0.717) is 12.3 Å². The fourth-order valence-corrected chi connectivity index (χ4v) is 1.81. The van der Waals surface area contributed by atoms with Gasteiger partial charge in [-0.2, -0.15) is 0 Å². The van der Waals surface area contributed by atoms with Crippen LogP contribution in [0.2, 0.25) is 0 Å². The molecule has 0 atom stereocenters. The molecule has 0 spiro atoms. The summed E-state index contributed by atoms with van der Waals surface area (Å²) >= 11 is 0. The Balaban J connectivity index is 2.08. The van der Waals surface area contributed by atoms with Crippen molar-refractivity contribution < 1.29 is 18.7 Å². The molecule has 0 unspecified atom stereocenters. The first kappa shape index (κ1) is 14.8. The number of benzene rings is 2. The molecule has 1 amide bonds. The minimum absolute atomic E-state index is 0.104. The molecule has 4 nitrogen and oxygen atoms in total. The average Bonchev–Trinajstić information content (AvgIpc) is 2.49. The molecule has 0 heterocycles. The summed E-state index contributed by atoms with van der Waals surface area (Å²) in [6.07, 6.45) is 0. The molecule has 0 radical (unpaired) electrons. The van der Waals surface area contributed by atoms with E-state index in [4.69, 9.17) is 9.47 Å². The van der Waals surface area contributed by atoms with Gasteiger partial charge in [-0.1, -0.05) is 0 Å². The Morgan fingerprint density at radius 1 is 1.19 bits per heavy atom. The molecule has 0 fully saturated rings. The van der Waals surface area contributed by atoms with Crippen molar-refractivity contribution in [2.45, 2.75) is 6.92 Å². The smallest absolute Gasteiger partial charge is 0.255 e. The second-order valence-electron chi connectivity index (χ2n) is 4.26. The minimum Gasteiger partial charge on any atom is -0.494 e. The average molecular weight is 289 g/mol. The third kappa shape index (κ3) is 3.72. The van der Waals surface area contributed by atoms with Crippen LogP contribution in [0, 0.1) is 5.82 Å². The van der Waals surface area contributed by atoms with Crippen LogP contribution in [-0.2, 0) is 0 Å². The molecule has 1 N–H and O–H groups in total. The van der Waals surface area contributed by atoms with E-state index >= 15 is 0 Å². The molecule has 0 bridgehead atoms. The van der Waals surface area contributed by atoms with Gasteiger partial charge in [0, 0.05) is 11.3 Å². The quantitative estimate of drug-likeness (QED) is 0.916. The fraction of sp³-hybridized carbons (Fsp3) is 0.188. The van der Waals surface area contributed by atoms with Crippen LogP contribution in [0.3, 0.4) is 0 Å². The molecule has 21 heavy (non-hydrogen) atoms. The van der Waals surface area contributed by atoms with Crippen molar-refractivity contribution in [1.29, 1.82) is 0 Å². The molecule has 0 saturated heterocycles. The van der Waals surface area contributed by atoms with Gasteiger partial charge in [0.15, 0.2) is 11.6 Å². The topological polar surface area (TPSA) is 47.6 Å². The van der Waals surface area contributed by atoms with E-state index in [1.54, 1.807) is 24.3 Å². The van der Waals surface area contributed by atoms with E-state index in [0.717, 1.165) is 11.8 Å². The molecular weight excluding hydrogens is 273 g/mol. The lowest BCUT2D eigenvalue weighted by Crippen LogP contribution is -2.12. The summed E-state index contributed by atoms with van der Waals surface area (Å²) in [6, 6.07) is 11.0. The molecule has 0 aliphatic carbocycles. The predicted molar refractivity (Wildman–Crippen MR) is 78.5 cm³/mol. The maximum absolute atomic E-state index is 13.6. The highest BCUT2D eigenvalue weighted by Crippen LogP contribution is 2.20. The SMILES string of the molecule is CCOc1ccc(NC(=O)c2ccc(OC)c(F)c2)cc1. The van der Waals surface area contributed by atoms with Gasteiger partial charge in [0.2, 0.25) is 0 Å². The Morgan fingerprint density at radius 2 is 1.90 bits per heavy atom. The number of hydrogen-bond acceptors (Lipinski definition) is 3. The van der Waals surface area contributed by atoms with Gasteiger partial charge in [-0.15, -0.1) is 0 Å². The second kappa shape index (κ2) is 6.74. The molecule has 0 aromatic heterocycles. The van der Waals surface area contributed by atoms with E-state index in [-0.39, 0.29) is 17.2 Å². The van der Waals surface area contributed by atoms with Crippen molar-refractivity contribution in [3.05, 3.63) is 53.8 Å². The number of nitrogens with one attached hydrogen (secondary N) is 1. The number of ether oxygens (including phenoxy) is 2. The van der Waals surface area contributed by atoms with Gasteiger partial charge in [0.05, 0.1) is 13.7 Å². The normalized spacial score (nSPS) is 10.0. The van der Waals surface area contributed by atoms with Crippen LogP contribution in [0.4, 0.5) is 10.1 Å². The van der Waals surface area contributed by atoms with Crippen LogP contribution in [-0.4, -0.2) is 19.6 Å². The lowest BCUT2D eigenvalue weighted by atomic mass is 10.2. The van der Waals surface area contributed by atoms with Crippen molar-refractivity contribution in [2.75, 3.05) is 19.0 Å². The first-order valence-corrected chi connectivity index (χ1v) is 6.51. The van der Waals surface area contributed by atoms with Crippen molar-refractivity contribution >= 4 is 11.6 Å². The summed E-state index contributed by atoms with van der Waals surface area (Å²) < 4.78 is 23.7. The summed E-state index contributed by atoms with van der Waals surface area (Å²) in [6.45, 7) is 2.48. The van der Waals surface area contributed by atoms with Crippen LogP contribution in [0.1, 0.15) is 17.3 Å². The number of hydrogen-bond donors (Lipinski definition) is 1. The van der Waals surface area contributed by atoms with Crippen molar-refractivity contribution in [1.82, 2.24) is 0 Å². The molecule has 2 aromatic carbocycles. The number of anilines is 1. The summed E-state index contributed by atoms with van der Waals surface area (Å²) in [5, 5.41) is 2.69. The zero-order valence-corrected chi connectivity index (χ0v) is 11.9. The van der Waals surface area contributed by atoms with E-state index in [9.17, 15) is 9.18 Å². The zero-order valence-electron chi connectivity index (χ0n) is 11.9. The second-order valence-corrected chi connectivity index (χ2v) is 4.26. The Kier molecular flexibility index (Phi) is 4.77. The Bertz CT molecular complexity index is 626. The van der Waals surface area contributed by atoms with Crippen LogP contribution in [0.15, 0.2) is 42.5 Å². The Morgan fingerprint density at radius 3 is 2.48 bits per heavy atom. The van der Waals surface area contributed by atoms with E-state index < -0.39 is 5.82 Å². The van der Waals surface area contributed by atoms with E-state index in [2.05, 4.69) is 5.32 Å². The van der Waals surface area contributed by atoms with Crippen LogP contribution in [0.25, 0.3) is 0 Å². The molecule has 5 heteroatoms. The fourth-order valence-electron chi connectivity index (χ4n) is 1.81. The summed E-state index contributed by atoms with van der Waals surface area (Å²) in [7, 11) is 1.37. The number of carbonyl (C=O) groups is 1. The van der Waals surface area contributed by atoms with Gasteiger partial charge >= 0.3 is 0 Å². The zero-order chi connectivity index (χ0) is 15.2. The van der Waals surface area contributed by atoms with E-state index in [1.807, 2.05) is 6.92 Å². The number of rotatable bonds is 5. The highest BCUT2D eigenvalue weighted by molar-refractivity contribution is 6.04. The van der Waals surface area contributed by atoms with Gasteiger partial charge < -0.3 is 14.8 Å². The van der Waals surface area contributed by atoms with Gasteiger partial charge in [0.1, 0.15) is 5.75 Å². The maximum atomic E-state index is 13.6. The first-order chi connectivity index (χ1) is 10.1. The van der Waals surface area contributed by atoms with Crippen molar-refractivity contribution in [3.8, 4) is 11.5 Å². The molecule has 2 aromatic rings. The summed E-state index contributed by atoms with van der Waals surface area (Å²) in [4.78, 5) is 12.0. The first-order valence-electron chi connectivity index (χ1n) is 6.51. The van der Waals surface area contributed by atoms with Gasteiger partial charge in [-0.05, 0) is 49.4 Å². The monoisotopic (exact) mass is 289 g/mol. The molecule has 0 aliphatic heterocycles. The molecule has 110 valence electrons. The predicted octanol–water partition coefficient (Wildman–Crippen LogP) is 3.49. The van der Waals surface area contributed by atoms with Crippen molar-refractivity contribution in [2.24, 2.45) is 0 Å². The minimum atomic E-state index is -0.572. The lowest BCUT2D eigenvalue weighted by molar-refractivity contribution is 0.102. The number of methoxy groups -OCH3 is 1. The number of amides is 1. The maximum Gasteiger partial charge on any atom is 0.255 e. The lowest BCUT2D eigenvalue weighted by Gasteiger charge is -2.08. The third-order valence-corrected chi connectivity index (χ3v) is 2.84. The molecule has 0 aliphatic rings. The Hall–Kier alpha value is -2.56. The number of carbonyl (C=O) groups excluding carboxylic acids is 1. The molecule has 2 rings (SSSR count). The van der Waals surface area contributed by atoms with Crippen LogP contribution in [0.5, 0.6) is 11.5 Å². The van der Waals surface area contributed by atoms with Gasteiger partial charge in [-0.25, -0.2) is 4.39 Å².